The van der Waals surface area contributed by atoms with Gasteiger partial charge in [-0.05, 0) is 31.7 Å². The number of benzene rings is 1. The molecule has 122 valence electrons. The van der Waals surface area contributed by atoms with E-state index in [-0.39, 0.29) is 5.91 Å². The molecule has 1 aromatic carbocycles. The van der Waals surface area contributed by atoms with Crippen molar-refractivity contribution in [3.63, 3.8) is 0 Å². The normalized spacial score (nSPS) is 14.2. The lowest BCUT2D eigenvalue weighted by Crippen LogP contribution is -2.26. The van der Waals surface area contributed by atoms with E-state index in [2.05, 4.69) is 27.5 Å². The molecule has 1 aliphatic heterocycles. The molecule has 0 saturated carbocycles. The zero-order valence-electron chi connectivity index (χ0n) is 13.5. The summed E-state index contributed by atoms with van der Waals surface area (Å²) in [6.45, 7) is 1.76. The van der Waals surface area contributed by atoms with Crippen LogP contribution in [0.2, 0.25) is 0 Å². The average molecular weight is 316 g/mol. The van der Waals surface area contributed by atoms with E-state index >= 15 is 0 Å². The number of H-pyrrole nitrogens is 1. The Morgan fingerprint density at radius 2 is 2.09 bits per heavy atom. The van der Waals surface area contributed by atoms with Crippen LogP contribution in [0.3, 0.4) is 0 Å². The molecular formula is C16H20N4O3. The number of amides is 1. The maximum Gasteiger partial charge on any atom is 0.257 e. The number of methoxy groups -OCH3 is 2. The Bertz CT molecular complexity index is 726. The lowest BCUT2D eigenvalue weighted by molar-refractivity contribution is 0.102. The molecule has 7 heteroatoms. The van der Waals surface area contributed by atoms with Crippen LogP contribution < -0.4 is 14.8 Å². The molecule has 0 spiro atoms. The standard InChI is InChI=1S/C16H20N4O3/c1-20-7-6-11-12(9-20)18-19-15(11)17-16(21)10-4-5-13(22-2)14(8-10)23-3/h4-5,8H,6-7,9H2,1-3H3,(H2,17,18,19,21). The quantitative estimate of drug-likeness (QED) is 0.897. The van der Waals surface area contributed by atoms with Gasteiger partial charge in [0.05, 0.1) is 19.9 Å². The van der Waals surface area contributed by atoms with E-state index in [0.717, 1.165) is 30.8 Å². The number of carbonyl (C=O) groups is 1. The second-order valence-electron chi connectivity index (χ2n) is 5.54. The molecule has 2 heterocycles. The Kier molecular flexibility index (Phi) is 4.20. The summed E-state index contributed by atoms with van der Waals surface area (Å²) < 4.78 is 10.4. The highest BCUT2D eigenvalue weighted by Gasteiger charge is 2.21. The van der Waals surface area contributed by atoms with Gasteiger partial charge in [0, 0.05) is 24.2 Å². The number of rotatable bonds is 4. The first-order valence-corrected chi connectivity index (χ1v) is 7.40. The molecule has 1 aliphatic rings. The van der Waals surface area contributed by atoms with Crippen LogP contribution in [0.4, 0.5) is 5.82 Å². The van der Waals surface area contributed by atoms with Gasteiger partial charge in [0.15, 0.2) is 17.3 Å². The van der Waals surface area contributed by atoms with Crippen LogP contribution in [0.15, 0.2) is 18.2 Å². The lowest BCUT2D eigenvalue weighted by atomic mass is 10.1. The fourth-order valence-electron chi connectivity index (χ4n) is 2.71. The monoisotopic (exact) mass is 316 g/mol. The van der Waals surface area contributed by atoms with E-state index in [1.165, 1.54) is 0 Å². The fraction of sp³-hybridized carbons (Fsp3) is 0.375. The number of likely N-dealkylation sites (N-methyl/N-ethyl adjacent to an activating group) is 1. The van der Waals surface area contributed by atoms with Crippen molar-refractivity contribution in [3.05, 3.63) is 35.0 Å². The van der Waals surface area contributed by atoms with Crippen molar-refractivity contribution in [1.29, 1.82) is 0 Å². The second kappa shape index (κ2) is 6.29. The Hall–Kier alpha value is -2.54. The van der Waals surface area contributed by atoms with Gasteiger partial charge in [0.25, 0.3) is 5.91 Å². The molecule has 0 saturated heterocycles. The third-order valence-electron chi connectivity index (χ3n) is 4.00. The minimum Gasteiger partial charge on any atom is -0.493 e. The largest absolute Gasteiger partial charge is 0.493 e. The summed E-state index contributed by atoms with van der Waals surface area (Å²) in [5.41, 5.74) is 2.63. The van der Waals surface area contributed by atoms with Gasteiger partial charge in [-0.15, -0.1) is 0 Å². The molecule has 2 N–H and O–H groups in total. The number of hydrogen-bond donors (Lipinski definition) is 2. The van der Waals surface area contributed by atoms with Gasteiger partial charge in [-0.3, -0.25) is 9.89 Å². The van der Waals surface area contributed by atoms with Gasteiger partial charge in [-0.1, -0.05) is 0 Å². The summed E-state index contributed by atoms with van der Waals surface area (Å²) in [5.74, 6) is 1.49. The van der Waals surface area contributed by atoms with Gasteiger partial charge in [0.2, 0.25) is 0 Å². The summed E-state index contributed by atoms with van der Waals surface area (Å²) in [6.07, 6.45) is 0.865. The zero-order valence-corrected chi connectivity index (χ0v) is 13.5. The SMILES string of the molecule is COc1ccc(C(=O)Nc2n[nH]c3c2CCN(C)C3)cc1OC. The second-order valence-corrected chi connectivity index (χ2v) is 5.54. The lowest BCUT2D eigenvalue weighted by Gasteiger charge is -2.21. The minimum absolute atomic E-state index is 0.223. The average Bonchev–Trinajstić information content (AvgIpc) is 2.96. The number of aromatic nitrogens is 2. The van der Waals surface area contributed by atoms with E-state index in [4.69, 9.17) is 9.47 Å². The molecule has 0 aliphatic carbocycles. The maximum atomic E-state index is 12.5. The van der Waals surface area contributed by atoms with E-state index in [1.807, 2.05) is 0 Å². The maximum absolute atomic E-state index is 12.5. The summed E-state index contributed by atoms with van der Waals surface area (Å²) in [4.78, 5) is 14.7. The molecule has 0 atom stereocenters. The highest BCUT2D eigenvalue weighted by Crippen LogP contribution is 2.28. The number of hydrogen-bond acceptors (Lipinski definition) is 5. The van der Waals surface area contributed by atoms with E-state index < -0.39 is 0 Å². The van der Waals surface area contributed by atoms with Gasteiger partial charge in [-0.2, -0.15) is 5.10 Å². The first kappa shape index (κ1) is 15.4. The Morgan fingerprint density at radius 1 is 1.30 bits per heavy atom. The Labute approximate surface area is 134 Å². The van der Waals surface area contributed by atoms with Gasteiger partial charge >= 0.3 is 0 Å². The predicted octanol–water partition coefficient (Wildman–Crippen LogP) is 1.67. The fourth-order valence-corrected chi connectivity index (χ4v) is 2.71. The van der Waals surface area contributed by atoms with E-state index in [1.54, 1.807) is 32.4 Å². The smallest absolute Gasteiger partial charge is 0.257 e. The van der Waals surface area contributed by atoms with Crippen molar-refractivity contribution in [1.82, 2.24) is 15.1 Å². The van der Waals surface area contributed by atoms with Crippen LogP contribution in [-0.2, 0) is 13.0 Å². The van der Waals surface area contributed by atoms with Crippen LogP contribution in [-0.4, -0.2) is 48.8 Å². The molecule has 23 heavy (non-hydrogen) atoms. The van der Waals surface area contributed by atoms with Crippen LogP contribution in [0.5, 0.6) is 11.5 Å². The number of ether oxygens (including phenoxy) is 2. The van der Waals surface area contributed by atoms with E-state index in [9.17, 15) is 4.79 Å². The number of anilines is 1. The first-order valence-electron chi connectivity index (χ1n) is 7.40. The van der Waals surface area contributed by atoms with Crippen molar-refractivity contribution in [3.8, 4) is 11.5 Å². The van der Waals surface area contributed by atoms with Gasteiger partial charge < -0.3 is 19.7 Å². The summed E-state index contributed by atoms with van der Waals surface area (Å²) in [7, 11) is 5.16. The summed E-state index contributed by atoms with van der Waals surface area (Å²) in [5, 5.41) is 10.1. The van der Waals surface area contributed by atoms with Crippen LogP contribution in [0.1, 0.15) is 21.6 Å². The molecular weight excluding hydrogens is 296 g/mol. The number of carbonyl (C=O) groups excluding carboxylic acids is 1. The van der Waals surface area contributed by atoms with Crippen LogP contribution >= 0.6 is 0 Å². The van der Waals surface area contributed by atoms with Crippen molar-refractivity contribution in [2.75, 3.05) is 33.1 Å². The van der Waals surface area contributed by atoms with Crippen molar-refractivity contribution in [2.45, 2.75) is 13.0 Å². The van der Waals surface area contributed by atoms with Crippen molar-refractivity contribution in [2.24, 2.45) is 0 Å². The zero-order chi connectivity index (χ0) is 16.4. The van der Waals surface area contributed by atoms with Crippen molar-refractivity contribution < 1.29 is 14.3 Å². The van der Waals surface area contributed by atoms with Crippen molar-refractivity contribution >= 4 is 11.7 Å². The highest BCUT2D eigenvalue weighted by atomic mass is 16.5. The minimum atomic E-state index is -0.223. The molecule has 1 aromatic heterocycles. The number of aromatic amines is 1. The molecule has 1 amide bonds. The molecule has 2 aromatic rings. The highest BCUT2D eigenvalue weighted by molar-refractivity contribution is 6.04. The molecule has 7 nitrogen and oxygen atoms in total. The third-order valence-corrected chi connectivity index (χ3v) is 4.00. The summed E-state index contributed by atoms with van der Waals surface area (Å²) in [6, 6.07) is 5.06. The predicted molar refractivity (Wildman–Crippen MR) is 86.1 cm³/mol. The Balaban J connectivity index is 1.80. The molecule has 3 rings (SSSR count). The van der Waals surface area contributed by atoms with E-state index in [0.29, 0.717) is 22.9 Å². The number of nitrogens with one attached hydrogen (secondary N) is 2. The van der Waals surface area contributed by atoms with Gasteiger partial charge in [0.1, 0.15) is 0 Å². The van der Waals surface area contributed by atoms with Crippen LogP contribution in [0, 0.1) is 0 Å². The third kappa shape index (κ3) is 3.00. The molecule has 0 fully saturated rings. The number of nitrogens with zero attached hydrogens (tertiary/aromatic N) is 2. The molecule has 0 unspecified atom stereocenters. The number of fused-ring (bicyclic) bond motifs is 1. The Morgan fingerprint density at radius 3 is 2.83 bits per heavy atom. The molecule has 0 radical (unpaired) electrons. The van der Waals surface area contributed by atoms with Crippen LogP contribution in [0.25, 0.3) is 0 Å². The molecule has 0 bridgehead atoms. The topological polar surface area (TPSA) is 79.5 Å². The first-order chi connectivity index (χ1) is 11.1. The summed E-state index contributed by atoms with van der Waals surface area (Å²) >= 11 is 0. The van der Waals surface area contributed by atoms with Gasteiger partial charge in [-0.25, -0.2) is 0 Å².